The van der Waals surface area contributed by atoms with Crippen LogP contribution >= 0.6 is 0 Å². The Labute approximate surface area is 109 Å². The van der Waals surface area contributed by atoms with Crippen LogP contribution in [0.25, 0.3) is 0 Å². The van der Waals surface area contributed by atoms with Crippen molar-refractivity contribution in [1.82, 2.24) is 15.1 Å². The fourth-order valence-corrected chi connectivity index (χ4v) is 1.62. The molecule has 0 aromatic carbocycles. The highest BCUT2D eigenvalue weighted by Gasteiger charge is 2.21. The molecule has 0 aliphatic carbocycles. The summed E-state index contributed by atoms with van der Waals surface area (Å²) in [6.45, 7) is 6.56. The van der Waals surface area contributed by atoms with Gasteiger partial charge in [0, 0.05) is 26.2 Å². The lowest BCUT2D eigenvalue weighted by Crippen LogP contribution is -2.47. The molecule has 106 valence electrons. The van der Waals surface area contributed by atoms with Gasteiger partial charge in [0.1, 0.15) is 0 Å². The van der Waals surface area contributed by atoms with Crippen molar-refractivity contribution >= 4 is 11.8 Å². The summed E-state index contributed by atoms with van der Waals surface area (Å²) in [5.41, 5.74) is 5.30. The molecule has 0 bridgehead atoms. The van der Waals surface area contributed by atoms with Crippen LogP contribution in [0.3, 0.4) is 0 Å². The number of likely N-dealkylation sites (N-methyl/N-ethyl adjacent to an activating group) is 1. The minimum atomic E-state index is -0.585. The van der Waals surface area contributed by atoms with Gasteiger partial charge in [0.05, 0.1) is 12.5 Å². The van der Waals surface area contributed by atoms with Gasteiger partial charge in [0.2, 0.25) is 11.8 Å². The van der Waals surface area contributed by atoms with Gasteiger partial charge in [-0.25, -0.2) is 0 Å². The summed E-state index contributed by atoms with van der Waals surface area (Å²) in [7, 11) is 3.89. The normalized spacial score (nSPS) is 12.5. The number of nitrogens with zero attached hydrogens (tertiary/aromatic N) is 2. The molecule has 18 heavy (non-hydrogen) atoms. The molecule has 0 aliphatic rings. The van der Waals surface area contributed by atoms with Gasteiger partial charge in [-0.1, -0.05) is 0 Å². The number of primary amides is 1. The quantitative estimate of drug-likeness (QED) is 0.570. The molecule has 0 saturated carbocycles. The molecule has 1 atom stereocenters. The maximum atomic E-state index is 11.9. The summed E-state index contributed by atoms with van der Waals surface area (Å²) in [6.07, 6.45) is 0.129. The van der Waals surface area contributed by atoms with Crippen LogP contribution in [-0.4, -0.2) is 67.9 Å². The maximum Gasteiger partial charge on any atom is 0.235 e. The second-order valence-corrected chi connectivity index (χ2v) is 4.48. The van der Waals surface area contributed by atoms with E-state index in [0.29, 0.717) is 19.6 Å². The molecule has 0 radical (unpaired) electrons. The van der Waals surface area contributed by atoms with Crippen molar-refractivity contribution in [3.63, 3.8) is 0 Å². The van der Waals surface area contributed by atoms with Gasteiger partial charge in [-0.05, 0) is 27.9 Å². The minimum absolute atomic E-state index is 0.0406. The van der Waals surface area contributed by atoms with Crippen LogP contribution in [0.2, 0.25) is 0 Å². The first-order valence-electron chi connectivity index (χ1n) is 6.37. The largest absolute Gasteiger partial charge is 0.368 e. The van der Waals surface area contributed by atoms with Crippen molar-refractivity contribution < 1.29 is 9.59 Å². The predicted molar refractivity (Wildman–Crippen MR) is 72.1 cm³/mol. The lowest BCUT2D eigenvalue weighted by molar-refractivity contribution is -0.133. The average Bonchev–Trinajstić information content (AvgIpc) is 2.28. The summed E-state index contributed by atoms with van der Waals surface area (Å²) in [5.74, 6) is -0.518. The Bertz CT molecular complexity index is 265. The van der Waals surface area contributed by atoms with Gasteiger partial charge in [-0.2, -0.15) is 0 Å². The summed E-state index contributed by atoms with van der Waals surface area (Å²) < 4.78 is 0. The second kappa shape index (κ2) is 8.88. The third-order valence-corrected chi connectivity index (χ3v) is 2.79. The SMILES string of the molecule is CCN(CC)C(=O)CC(NCCN(C)C)C(N)=O. The molecule has 0 heterocycles. The molecular formula is C12H26N4O2. The Morgan fingerprint density at radius 1 is 1.22 bits per heavy atom. The third kappa shape index (κ3) is 6.56. The van der Waals surface area contributed by atoms with Crippen LogP contribution < -0.4 is 11.1 Å². The Balaban J connectivity index is 4.26. The van der Waals surface area contributed by atoms with Crippen LogP contribution in [0.4, 0.5) is 0 Å². The van der Waals surface area contributed by atoms with Crippen molar-refractivity contribution in [2.24, 2.45) is 5.73 Å². The van der Waals surface area contributed by atoms with Crippen LogP contribution in [0.15, 0.2) is 0 Å². The zero-order chi connectivity index (χ0) is 14.1. The highest BCUT2D eigenvalue weighted by Crippen LogP contribution is 1.99. The summed E-state index contributed by atoms with van der Waals surface area (Å²) in [5, 5.41) is 3.02. The first-order valence-corrected chi connectivity index (χ1v) is 6.37. The summed E-state index contributed by atoms with van der Waals surface area (Å²) >= 11 is 0. The monoisotopic (exact) mass is 258 g/mol. The molecule has 6 nitrogen and oxygen atoms in total. The molecule has 6 heteroatoms. The van der Waals surface area contributed by atoms with Crippen molar-refractivity contribution in [3.8, 4) is 0 Å². The standard InChI is InChI=1S/C12H26N4O2/c1-5-16(6-2)11(17)9-10(12(13)18)14-7-8-15(3)4/h10,14H,5-9H2,1-4H3,(H2,13,18). The van der Waals surface area contributed by atoms with Gasteiger partial charge in [0.25, 0.3) is 0 Å². The van der Waals surface area contributed by atoms with E-state index in [4.69, 9.17) is 5.73 Å². The van der Waals surface area contributed by atoms with Crippen LogP contribution in [0.5, 0.6) is 0 Å². The zero-order valence-electron chi connectivity index (χ0n) is 11.9. The van der Waals surface area contributed by atoms with Crippen molar-refractivity contribution in [3.05, 3.63) is 0 Å². The van der Waals surface area contributed by atoms with E-state index in [9.17, 15) is 9.59 Å². The number of nitrogens with two attached hydrogens (primary N) is 1. The van der Waals surface area contributed by atoms with E-state index in [1.807, 2.05) is 32.8 Å². The van der Waals surface area contributed by atoms with Gasteiger partial charge >= 0.3 is 0 Å². The number of nitrogens with one attached hydrogen (secondary N) is 1. The Morgan fingerprint density at radius 3 is 2.17 bits per heavy atom. The van der Waals surface area contributed by atoms with Crippen molar-refractivity contribution in [2.75, 3.05) is 40.3 Å². The Kier molecular flexibility index (Phi) is 8.32. The van der Waals surface area contributed by atoms with Gasteiger partial charge < -0.3 is 20.9 Å². The van der Waals surface area contributed by atoms with Gasteiger partial charge in [-0.3, -0.25) is 9.59 Å². The van der Waals surface area contributed by atoms with Crippen molar-refractivity contribution in [2.45, 2.75) is 26.3 Å². The van der Waals surface area contributed by atoms with Crippen LogP contribution in [0, 0.1) is 0 Å². The first-order chi connectivity index (χ1) is 8.42. The predicted octanol–water partition coefficient (Wildman–Crippen LogP) is -0.750. The van der Waals surface area contributed by atoms with E-state index in [0.717, 1.165) is 6.54 Å². The van der Waals surface area contributed by atoms with E-state index in [2.05, 4.69) is 5.32 Å². The third-order valence-electron chi connectivity index (χ3n) is 2.79. The molecule has 0 fully saturated rings. The van der Waals surface area contributed by atoms with E-state index >= 15 is 0 Å². The highest BCUT2D eigenvalue weighted by molar-refractivity contribution is 5.87. The number of amides is 2. The fraction of sp³-hybridized carbons (Fsp3) is 0.833. The topological polar surface area (TPSA) is 78.7 Å². The lowest BCUT2D eigenvalue weighted by Gasteiger charge is -2.22. The zero-order valence-corrected chi connectivity index (χ0v) is 11.9. The highest BCUT2D eigenvalue weighted by atomic mass is 16.2. The number of carbonyl (C=O) groups is 2. The van der Waals surface area contributed by atoms with Crippen molar-refractivity contribution in [1.29, 1.82) is 0 Å². The van der Waals surface area contributed by atoms with E-state index < -0.39 is 11.9 Å². The number of hydrogen-bond donors (Lipinski definition) is 2. The summed E-state index contributed by atoms with van der Waals surface area (Å²) in [4.78, 5) is 26.9. The van der Waals surface area contributed by atoms with E-state index in [1.54, 1.807) is 4.90 Å². The maximum absolute atomic E-state index is 11.9. The minimum Gasteiger partial charge on any atom is -0.368 e. The van der Waals surface area contributed by atoms with Crippen LogP contribution in [0.1, 0.15) is 20.3 Å². The van der Waals surface area contributed by atoms with Crippen LogP contribution in [-0.2, 0) is 9.59 Å². The number of carbonyl (C=O) groups excluding carboxylic acids is 2. The second-order valence-electron chi connectivity index (χ2n) is 4.48. The molecule has 1 unspecified atom stereocenters. The first kappa shape index (κ1) is 16.9. The molecule has 0 aromatic heterocycles. The van der Waals surface area contributed by atoms with Gasteiger partial charge in [0.15, 0.2) is 0 Å². The summed E-state index contributed by atoms with van der Waals surface area (Å²) in [6, 6.07) is -0.585. The average molecular weight is 258 g/mol. The molecule has 0 aliphatic heterocycles. The lowest BCUT2D eigenvalue weighted by atomic mass is 10.1. The van der Waals surface area contributed by atoms with E-state index in [1.165, 1.54) is 0 Å². The molecule has 0 spiro atoms. The smallest absolute Gasteiger partial charge is 0.235 e. The molecular weight excluding hydrogens is 232 g/mol. The molecule has 0 rings (SSSR count). The Hall–Kier alpha value is -1.14. The molecule has 0 saturated heterocycles. The molecule has 0 aromatic rings. The van der Waals surface area contributed by atoms with E-state index in [-0.39, 0.29) is 12.3 Å². The van der Waals surface area contributed by atoms with Gasteiger partial charge in [-0.15, -0.1) is 0 Å². The molecule has 3 N–H and O–H groups in total. The Morgan fingerprint density at radius 2 is 1.78 bits per heavy atom. The number of rotatable bonds is 9. The number of hydrogen-bond acceptors (Lipinski definition) is 4. The molecule has 2 amide bonds. The fourth-order valence-electron chi connectivity index (χ4n) is 1.62.